The molecule has 0 saturated carbocycles. The number of benzene rings is 3. The van der Waals surface area contributed by atoms with Crippen molar-refractivity contribution in [2.45, 2.75) is 6.42 Å². The number of nitro groups is 1. The largest absolute Gasteiger partial charge is 0.278 e. The lowest BCUT2D eigenvalue weighted by Crippen LogP contribution is -2.25. The maximum atomic E-state index is 13.6. The number of para-hydroxylation sites is 1. The molecule has 0 saturated heterocycles. The molecule has 0 radical (unpaired) electrons. The number of hydrogen-bond acceptors (Lipinski definition) is 5. The Hall–Kier alpha value is -4.65. The number of rotatable bonds is 5. The van der Waals surface area contributed by atoms with E-state index in [0.29, 0.717) is 22.4 Å². The van der Waals surface area contributed by atoms with E-state index in [1.807, 2.05) is 54.6 Å². The zero-order valence-electron chi connectivity index (χ0n) is 17.5. The Kier molecular flexibility index (Phi) is 5.20. The van der Waals surface area contributed by atoms with E-state index in [9.17, 15) is 14.9 Å². The molecule has 0 N–H and O–H groups in total. The molecule has 0 aliphatic heterocycles. The second-order valence-corrected chi connectivity index (χ2v) is 7.52. The summed E-state index contributed by atoms with van der Waals surface area (Å²) in [6.07, 6.45) is 1.65. The molecule has 0 amide bonds. The third kappa shape index (κ3) is 3.87. The van der Waals surface area contributed by atoms with Gasteiger partial charge in [-0.25, -0.2) is 9.97 Å². The van der Waals surface area contributed by atoms with Gasteiger partial charge >= 0.3 is 0 Å². The molecule has 5 aromatic rings. The van der Waals surface area contributed by atoms with Crippen LogP contribution in [0.4, 0.5) is 5.69 Å². The Morgan fingerprint density at radius 1 is 0.848 bits per heavy atom. The highest BCUT2D eigenvalue weighted by Gasteiger charge is 2.19. The quantitative estimate of drug-likeness (QED) is 0.288. The van der Waals surface area contributed by atoms with Gasteiger partial charge in [0.1, 0.15) is 11.2 Å². The number of aromatic nitrogens is 3. The van der Waals surface area contributed by atoms with E-state index in [1.54, 1.807) is 36.5 Å². The fraction of sp³-hybridized carbons (Fsp3) is 0.0385. The molecule has 2 heterocycles. The van der Waals surface area contributed by atoms with Crippen LogP contribution in [0.25, 0.3) is 28.0 Å². The minimum absolute atomic E-state index is 0.0393. The summed E-state index contributed by atoms with van der Waals surface area (Å²) in [6.45, 7) is 0. The summed E-state index contributed by atoms with van der Waals surface area (Å²) >= 11 is 0. The highest BCUT2D eigenvalue weighted by molar-refractivity contribution is 5.74. The van der Waals surface area contributed by atoms with Gasteiger partial charge in [-0.05, 0) is 35.4 Å². The maximum Gasteiger partial charge on any atom is 0.278 e. The van der Waals surface area contributed by atoms with Gasteiger partial charge in [0.2, 0.25) is 0 Å². The van der Waals surface area contributed by atoms with E-state index in [0.717, 1.165) is 11.1 Å². The Balaban J connectivity index is 1.70. The van der Waals surface area contributed by atoms with Crippen LogP contribution >= 0.6 is 0 Å². The number of pyridine rings is 1. The van der Waals surface area contributed by atoms with Gasteiger partial charge in [0.25, 0.3) is 11.2 Å². The first-order valence-corrected chi connectivity index (χ1v) is 10.4. The van der Waals surface area contributed by atoms with Crippen molar-refractivity contribution >= 4 is 16.9 Å². The van der Waals surface area contributed by atoms with E-state index in [-0.39, 0.29) is 23.4 Å². The van der Waals surface area contributed by atoms with Crippen molar-refractivity contribution < 1.29 is 4.92 Å². The molecule has 33 heavy (non-hydrogen) atoms. The number of fused-ring (bicyclic) bond motifs is 1. The summed E-state index contributed by atoms with van der Waals surface area (Å²) in [5.41, 5.74) is 3.85. The number of nitrogens with zero attached hydrogens (tertiary/aromatic N) is 4. The highest BCUT2D eigenvalue weighted by atomic mass is 16.6. The second kappa shape index (κ2) is 8.47. The Bertz CT molecular complexity index is 1540. The van der Waals surface area contributed by atoms with Crippen molar-refractivity contribution in [1.29, 1.82) is 0 Å². The second-order valence-electron chi connectivity index (χ2n) is 7.52. The molecule has 3 aromatic carbocycles. The SMILES string of the molecule is O=c1c(Cc2ccccc2[N+](=O)[O-])nc2cccnc2n1-c1cccc(-c2ccccc2)c1. The normalized spacial score (nSPS) is 10.9. The van der Waals surface area contributed by atoms with Gasteiger partial charge in [-0.3, -0.25) is 19.5 Å². The van der Waals surface area contributed by atoms with Crippen LogP contribution in [-0.2, 0) is 6.42 Å². The van der Waals surface area contributed by atoms with Crippen LogP contribution < -0.4 is 5.56 Å². The minimum Gasteiger partial charge on any atom is -0.267 e. The summed E-state index contributed by atoms with van der Waals surface area (Å²) in [6, 6.07) is 27.5. The molecule has 7 nitrogen and oxygen atoms in total. The molecular weight excluding hydrogens is 416 g/mol. The average Bonchev–Trinajstić information content (AvgIpc) is 2.85. The molecule has 0 aliphatic carbocycles. The van der Waals surface area contributed by atoms with Gasteiger partial charge in [-0.15, -0.1) is 0 Å². The third-order valence-electron chi connectivity index (χ3n) is 5.44. The maximum absolute atomic E-state index is 13.6. The molecule has 0 spiro atoms. The van der Waals surface area contributed by atoms with Crippen LogP contribution in [0, 0.1) is 10.1 Å². The zero-order chi connectivity index (χ0) is 22.8. The van der Waals surface area contributed by atoms with Crippen molar-refractivity contribution in [2.75, 3.05) is 0 Å². The summed E-state index contributed by atoms with van der Waals surface area (Å²) in [7, 11) is 0. The fourth-order valence-corrected chi connectivity index (χ4v) is 3.90. The van der Waals surface area contributed by atoms with Gasteiger partial charge in [-0.2, -0.15) is 0 Å². The van der Waals surface area contributed by atoms with E-state index >= 15 is 0 Å². The van der Waals surface area contributed by atoms with E-state index in [1.165, 1.54) is 10.6 Å². The number of nitro benzene ring substituents is 1. The van der Waals surface area contributed by atoms with Crippen molar-refractivity contribution in [3.63, 3.8) is 0 Å². The standard InChI is InChI=1S/C26H18N4O3/c31-26-23(17-20-10-4-5-14-24(20)30(32)33)28-22-13-7-15-27-25(22)29(26)21-12-6-11-19(16-21)18-8-2-1-3-9-18/h1-16H,17H2. The molecule has 2 aromatic heterocycles. The molecule has 160 valence electrons. The van der Waals surface area contributed by atoms with Gasteiger partial charge in [0.05, 0.1) is 10.6 Å². The summed E-state index contributed by atoms with van der Waals surface area (Å²) < 4.78 is 1.53. The zero-order valence-corrected chi connectivity index (χ0v) is 17.5. The first kappa shape index (κ1) is 20.3. The van der Waals surface area contributed by atoms with Crippen LogP contribution in [0.5, 0.6) is 0 Å². The van der Waals surface area contributed by atoms with Crippen molar-refractivity contribution in [1.82, 2.24) is 14.5 Å². The molecular formula is C26H18N4O3. The van der Waals surface area contributed by atoms with Gasteiger partial charge in [0.15, 0.2) is 5.65 Å². The lowest BCUT2D eigenvalue weighted by Gasteiger charge is -2.13. The summed E-state index contributed by atoms with van der Waals surface area (Å²) in [4.78, 5) is 33.6. The average molecular weight is 434 g/mol. The predicted octanol–water partition coefficient (Wildman–Crippen LogP) is 4.95. The van der Waals surface area contributed by atoms with Crippen molar-refractivity contribution in [2.24, 2.45) is 0 Å². The van der Waals surface area contributed by atoms with Crippen molar-refractivity contribution in [3.8, 4) is 16.8 Å². The Morgan fingerprint density at radius 2 is 1.61 bits per heavy atom. The first-order valence-electron chi connectivity index (χ1n) is 10.4. The predicted molar refractivity (Wildman–Crippen MR) is 126 cm³/mol. The Morgan fingerprint density at radius 3 is 2.42 bits per heavy atom. The van der Waals surface area contributed by atoms with E-state index in [4.69, 9.17) is 0 Å². The smallest absolute Gasteiger partial charge is 0.267 e. The molecule has 5 rings (SSSR count). The monoisotopic (exact) mass is 434 g/mol. The molecule has 0 aliphatic rings. The van der Waals surface area contributed by atoms with Crippen LogP contribution in [0.15, 0.2) is 102 Å². The lowest BCUT2D eigenvalue weighted by molar-refractivity contribution is -0.385. The van der Waals surface area contributed by atoms with Gasteiger partial charge in [-0.1, -0.05) is 60.7 Å². The first-order chi connectivity index (χ1) is 16.1. The Labute approximate surface area is 188 Å². The lowest BCUT2D eigenvalue weighted by atomic mass is 10.0. The topological polar surface area (TPSA) is 90.9 Å². The van der Waals surface area contributed by atoms with Gasteiger partial charge < -0.3 is 0 Å². The van der Waals surface area contributed by atoms with Crippen molar-refractivity contribution in [3.05, 3.63) is 129 Å². The minimum atomic E-state index is -0.445. The molecule has 0 atom stereocenters. The third-order valence-corrected chi connectivity index (χ3v) is 5.44. The molecule has 0 fully saturated rings. The molecule has 0 bridgehead atoms. The number of hydrogen-bond donors (Lipinski definition) is 0. The van der Waals surface area contributed by atoms with E-state index in [2.05, 4.69) is 9.97 Å². The van der Waals surface area contributed by atoms with Crippen LogP contribution in [-0.4, -0.2) is 19.5 Å². The molecule has 0 unspecified atom stereocenters. The summed E-state index contributed by atoms with van der Waals surface area (Å²) in [5.74, 6) is 0. The highest BCUT2D eigenvalue weighted by Crippen LogP contribution is 2.24. The van der Waals surface area contributed by atoms with E-state index < -0.39 is 4.92 Å². The fourth-order valence-electron chi connectivity index (χ4n) is 3.90. The van der Waals surface area contributed by atoms with Crippen LogP contribution in [0.1, 0.15) is 11.3 Å². The summed E-state index contributed by atoms with van der Waals surface area (Å²) in [5, 5.41) is 11.5. The van der Waals surface area contributed by atoms with Crippen LogP contribution in [0.2, 0.25) is 0 Å². The molecule has 7 heteroatoms. The van der Waals surface area contributed by atoms with Crippen LogP contribution in [0.3, 0.4) is 0 Å². The van der Waals surface area contributed by atoms with Gasteiger partial charge in [0, 0.05) is 24.2 Å².